The molecular formula is C7H4ClN3O2S. The first-order valence-corrected chi connectivity index (χ1v) is 4.79. The Morgan fingerprint density at radius 2 is 2.43 bits per heavy atom. The lowest BCUT2D eigenvalue weighted by Crippen LogP contribution is -2.10. The molecule has 7 heteroatoms. The zero-order valence-corrected chi connectivity index (χ0v) is 8.30. The molecular weight excluding hydrogens is 226 g/mol. The molecule has 72 valence electrons. The molecule has 2 rings (SSSR count). The molecule has 1 N–H and O–H groups in total. The molecule has 0 saturated carbocycles. The molecule has 14 heavy (non-hydrogen) atoms. The molecule has 0 radical (unpaired) electrons. The van der Waals surface area contributed by atoms with Gasteiger partial charge in [0.15, 0.2) is 5.76 Å². The van der Waals surface area contributed by atoms with E-state index >= 15 is 0 Å². The average Bonchev–Trinajstić information content (AvgIpc) is 2.75. The van der Waals surface area contributed by atoms with Crippen molar-refractivity contribution in [2.24, 2.45) is 0 Å². The fourth-order valence-electron chi connectivity index (χ4n) is 0.822. The second-order valence-electron chi connectivity index (χ2n) is 2.29. The van der Waals surface area contributed by atoms with Crippen LogP contribution in [0.4, 0.5) is 5.13 Å². The first kappa shape index (κ1) is 9.17. The Bertz CT molecular complexity index is 439. The van der Waals surface area contributed by atoms with Crippen LogP contribution in [-0.4, -0.2) is 16.1 Å². The first-order chi connectivity index (χ1) is 6.75. The van der Waals surface area contributed by atoms with Crippen LogP contribution in [0.5, 0.6) is 0 Å². The van der Waals surface area contributed by atoms with Crippen molar-refractivity contribution in [3.63, 3.8) is 0 Å². The summed E-state index contributed by atoms with van der Waals surface area (Å²) in [5.41, 5.74) is 0. The quantitative estimate of drug-likeness (QED) is 0.856. The van der Waals surface area contributed by atoms with Gasteiger partial charge < -0.3 is 4.42 Å². The van der Waals surface area contributed by atoms with Gasteiger partial charge in [-0.25, -0.2) is 0 Å². The van der Waals surface area contributed by atoms with Crippen molar-refractivity contribution in [2.45, 2.75) is 0 Å². The van der Waals surface area contributed by atoms with Crippen LogP contribution in [0.1, 0.15) is 10.6 Å². The van der Waals surface area contributed by atoms with E-state index in [9.17, 15) is 4.79 Å². The molecule has 2 heterocycles. The fourth-order valence-corrected chi connectivity index (χ4v) is 1.55. The van der Waals surface area contributed by atoms with Gasteiger partial charge in [0.05, 0.1) is 6.26 Å². The monoisotopic (exact) mass is 229 g/mol. The summed E-state index contributed by atoms with van der Waals surface area (Å²) in [6.07, 6.45) is 1.42. The Morgan fingerprint density at radius 1 is 1.57 bits per heavy atom. The molecule has 2 aromatic heterocycles. The van der Waals surface area contributed by atoms with Gasteiger partial charge >= 0.3 is 0 Å². The number of nitrogens with one attached hydrogen (secondary N) is 1. The summed E-state index contributed by atoms with van der Waals surface area (Å²) < 4.78 is 5.16. The molecule has 1 amide bonds. The largest absolute Gasteiger partial charge is 0.459 e. The molecule has 0 aliphatic carbocycles. The highest BCUT2D eigenvalue weighted by molar-refractivity contribution is 7.19. The fraction of sp³-hybridized carbons (Fsp3) is 0. The summed E-state index contributed by atoms with van der Waals surface area (Å²) in [6, 6.07) is 3.18. The van der Waals surface area contributed by atoms with Crippen LogP contribution < -0.4 is 5.32 Å². The zero-order valence-electron chi connectivity index (χ0n) is 6.73. The minimum atomic E-state index is -0.372. The highest BCUT2D eigenvalue weighted by Gasteiger charge is 2.11. The predicted molar refractivity (Wildman–Crippen MR) is 51.6 cm³/mol. The summed E-state index contributed by atoms with van der Waals surface area (Å²) in [7, 11) is 0. The van der Waals surface area contributed by atoms with Gasteiger partial charge in [-0.05, 0) is 23.7 Å². The Labute approximate surface area is 87.7 Å². The Kier molecular flexibility index (Phi) is 2.47. The minimum Gasteiger partial charge on any atom is -0.459 e. The highest BCUT2D eigenvalue weighted by atomic mass is 35.5. The van der Waals surface area contributed by atoms with Crippen molar-refractivity contribution in [1.82, 2.24) is 10.2 Å². The summed E-state index contributed by atoms with van der Waals surface area (Å²) in [6.45, 7) is 0. The van der Waals surface area contributed by atoms with Crippen molar-refractivity contribution in [2.75, 3.05) is 5.32 Å². The number of hydrogen-bond donors (Lipinski definition) is 1. The number of carbonyl (C=O) groups excluding carboxylic acids is 1. The molecule has 5 nitrogen and oxygen atoms in total. The molecule has 0 unspecified atom stereocenters. The van der Waals surface area contributed by atoms with E-state index in [2.05, 4.69) is 15.5 Å². The van der Waals surface area contributed by atoms with Crippen molar-refractivity contribution in [3.05, 3.63) is 28.6 Å². The number of anilines is 1. The lowest BCUT2D eigenvalue weighted by molar-refractivity contribution is 0.0996. The highest BCUT2D eigenvalue weighted by Crippen LogP contribution is 2.19. The number of hydrogen-bond acceptors (Lipinski definition) is 5. The van der Waals surface area contributed by atoms with Crippen LogP contribution in [0.25, 0.3) is 0 Å². The molecule has 0 aliphatic rings. The topological polar surface area (TPSA) is 68.0 Å². The van der Waals surface area contributed by atoms with Gasteiger partial charge in [-0.3, -0.25) is 10.1 Å². The third-order valence-electron chi connectivity index (χ3n) is 1.37. The van der Waals surface area contributed by atoms with Crippen molar-refractivity contribution >= 4 is 34.0 Å². The first-order valence-electron chi connectivity index (χ1n) is 3.59. The van der Waals surface area contributed by atoms with Crippen molar-refractivity contribution in [1.29, 1.82) is 0 Å². The minimum absolute atomic E-state index is 0.219. The number of carbonyl (C=O) groups is 1. The molecule has 0 aromatic carbocycles. The number of amides is 1. The van der Waals surface area contributed by atoms with Crippen LogP contribution in [0.3, 0.4) is 0 Å². The molecule has 2 aromatic rings. The maximum Gasteiger partial charge on any atom is 0.293 e. The third kappa shape index (κ3) is 1.91. The van der Waals surface area contributed by atoms with Gasteiger partial charge in [0.1, 0.15) is 0 Å². The number of rotatable bonds is 2. The van der Waals surface area contributed by atoms with Gasteiger partial charge in [0, 0.05) is 0 Å². The van der Waals surface area contributed by atoms with Gasteiger partial charge in [-0.15, -0.1) is 10.2 Å². The Hall–Kier alpha value is -1.40. The van der Waals surface area contributed by atoms with Gasteiger partial charge in [-0.1, -0.05) is 11.3 Å². The SMILES string of the molecule is O=C(Nc1nnc(Cl)s1)c1ccco1. The van der Waals surface area contributed by atoms with Crippen LogP contribution in [0.15, 0.2) is 22.8 Å². The van der Waals surface area contributed by atoms with E-state index in [1.165, 1.54) is 6.26 Å². The number of furan rings is 1. The van der Waals surface area contributed by atoms with E-state index in [0.717, 1.165) is 11.3 Å². The lowest BCUT2D eigenvalue weighted by Gasteiger charge is -1.95. The maximum absolute atomic E-state index is 11.4. The smallest absolute Gasteiger partial charge is 0.293 e. The van der Waals surface area contributed by atoms with Gasteiger partial charge in [0.2, 0.25) is 9.60 Å². The van der Waals surface area contributed by atoms with E-state index < -0.39 is 0 Å². The standard InChI is InChI=1S/C7H4ClN3O2S/c8-6-10-11-7(14-6)9-5(12)4-2-1-3-13-4/h1-3H,(H,9,11,12). The van der Waals surface area contributed by atoms with Crippen LogP contribution in [0.2, 0.25) is 4.47 Å². The van der Waals surface area contributed by atoms with E-state index in [0.29, 0.717) is 5.13 Å². The Morgan fingerprint density at radius 3 is 3.00 bits per heavy atom. The summed E-state index contributed by atoms with van der Waals surface area (Å²) in [5, 5.41) is 10.0. The van der Waals surface area contributed by atoms with E-state index in [-0.39, 0.29) is 16.1 Å². The third-order valence-corrected chi connectivity index (χ3v) is 2.30. The molecule has 0 bridgehead atoms. The van der Waals surface area contributed by atoms with Crippen LogP contribution in [-0.2, 0) is 0 Å². The lowest BCUT2D eigenvalue weighted by atomic mass is 10.4. The van der Waals surface area contributed by atoms with E-state index in [1.807, 2.05) is 0 Å². The number of halogens is 1. The molecule has 0 fully saturated rings. The molecule has 0 spiro atoms. The number of nitrogens with zero attached hydrogens (tertiary/aromatic N) is 2. The zero-order chi connectivity index (χ0) is 9.97. The summed E-state index contributed by atoms with van der Waals surface area (Å²) in [4.78, 5) is 11.4. The van der Waals surface area contributed by atoms with Crippen molar-refractivity contribution in [3.8, 4) is 0 Å². The Balaban J connectivity index is 2.09. The molecule has 0 saturated heterocycles. The molecule has 0 aliphatic heterocycles. The van der Waals surface area contributed by atoms with Crippen LogP contribution in [0, 0.1) is 0 Å². The van der Waals surface area contributed by atoms with Gasteiger partial charge in [0.25, 0.3) is 5.91 Å². The number of aromatic nitrogens is 2. The maximum atomic E-state index is 11.4. The molecule has 0 atom stereocenters. The van der Waals surface area contributed by atoms with Gasteiger partial charge in [-0.2, -0.15) is 0 Å². The predicted octanol–water partition coefficient (Wildman–Crippen LogP) is 2.04. The second-order valence-corrected chi connectivity index (χ2v) is 3.85. The summed E-state index contributed by atoms with van der Waals surface area (Å²) >= 11 is 6.62. The van der Waals surface area contributed by atoms with E-state index in [4.69, 9.17) is 16.0 Å². The second kappa shape index (κ2) is 3.77. The van der Waals surface area contributed by atoms with Crippen LogP contribution >= 0.6 is 22.9 Å². The summed E-state index contributed by atoms with van der Waals surface area (Å²) in [5.74, 6) is -0.154. The van der Waals surface area contributed by atoms with E-state index in [1.54, 1.807) is 12.1 Å². The average molecular weight is 230 g/mol. The normalized spacial score (nSPS) is 10.1. The van der Waals surface area contributed by atoms with Crippen molar-refractivity contribution < 1.29 is 9.21 Å².